The number of nitriles is 1. The Balaban J connectivity index is 1.69. The molecule has 0 amide bonds. The average molecular weight is 272 g/mol. The van der Waals surface area contributed by atoms with Crippen molar-refractivity contribution in [1.29, 1.82) is 5.26 Å². The van der Waals surface area contributed by atoms with E-state index in [0.717, 1.165) is 18.8 Å². The fraction of sp³-hybridized carbons (Fsp3) is 0.588. The van der Waals surface area contributed by atoms with Gasteiger partial charge in [-0.3, -0.25) is 0 Å². The second-order valence-electron chi connectivity index (χ2n) is 6.32. The number of nitrogens with zero attached hydrogens (tertiary/aromatic N) is 2. The first kappa shape index (κ1) is 13.4. The lowest BCUT2D eigenvalue weighted by Gasteiger charge is -2.45. The molecule has 1 aromatic carbocycles. The van der Waals surface area contributed by atoms with Crippen molar-refractivity contribution in [2.24, 2.45) is 5.41 Å². The summed E-state index contributed by atoms with van der Waals surface area (Å²) in [6.45, 7) is 2.04. The van der Waals surface area contributed by atoms with Gasteiger partial charge in [0.05, 0.1) is 5.56 Å². The standard InChI is InChI=1S/C17H21FN2/c18-16-12-15(5-4-14(16)13-19)20-10-8-17(9-11-20)6-2-1-3-7-17/h4-5,12H,1-3,6-11H2. The largest absolute Gasteiger partial charge is 0.371 e. The van der Waals surface area contributed by atoms with Crippen molar-refractivity contribution in [3.8, 4) is 6.07 Å². The van der Waals surface area contributed by atoms with Gasteiger partial charge in [0.2, 0.25) is 0 Å². The molecule has 1 spiro atoms. The molecule has 0 atom stereocenters. The Kier molecular flexibility index (Phi) is 3.65. The summed E-state index contributed by atoms with van der Waals surface area (Å²) in [5.74, 6) is -0.400. The monoisotopic (exact) mass is 272 g/mol. The summed E-state index contributed by atoms with van der Waals surface area (Å²) < 4.78 is 13.7. The number of hydrogen-bond acceptors (Lipinski definition) is 2. The van der Waals surface area contributed by atoms with Crippen LogP contribution < -0.4 is 4.90 Å². The molecule has 1 aliphatic carbocycles. The zero-order chi connectivity index (χ0) is 14.0. The molecular weight excluding hydrogens is 251 g/mol. The van der Waals surface area contributed by atoms with Crippen molar-refractivity contribution < 1.29 is 4.39 Å². The lowest BCUT2D eigenvalue weighted by Crippen LogP contribution is -2.41. The topological polar surface area (TPSA) is 27.0 Å². The van der Waals surface area contributed by atoms with Crippen molar-refractivity contribution >= 4 is 5.69 Å². The third-order valence-corrected chi connectivity index (χ3v) is 5.18. The summed E-state index contributed by atoms with van der Waals surface area (Å²) in [6.07, 6.45) is 9.37. The van der Waals surface area contributed by atoms with Gasteiger partial charge in [-0.1, -0.05) is 19.3 Å². The van der Waals surface area contributed by atoms with Gasteiger partial charge in [-0.25, -0.2) is 4.39 Å². The minimum atomic E-state index is -0.400. The highest BCUT2D eigenvalue weighted by Crippen LogP contribution is 2.45. The van der Waals surface area contributed by atoms with Gasteiger partial charge in [0, 0.05) is 18.8 Å². The first-order valence-corrected chi connectivity index (χ1v) is 7.67. The van der Waals surface area contributed by atoms with Gasteiger partial charge in [0.15, 0.2) is 0 Å². The van der Waals surface area contributed by atoms with E-state index < -0.39 is 5.82 Å². The molecule has 0 N–H and O–H groups in total. The molecule has 2 aliphatic rings. The van der Waals surface area contributed by atoms with Gasteiger partial charge in [-0.05, 0) is 49.3 Å². The van der Waals surface area contributed by atoms with Crippen molar-refractivity contribution in [1.82, 2.24) is 0 Å². The van der Waals surface area contributed by atoms with E-state index in [0.29, 0.717) is 5.41 Å². The fourth-order valence-electron chi connectivity index (χ4n) is 3.83. The Labute approximate surface area is 120 Å². The first-order chi connectivity index (χ1) is 9.72. The molecule has 3 rings (SSSR count). The van der Waals surface area contributed by atoms with Crippen molar-refractivity contribution in [3.63, 3.8) is 0 Å². The molecule has 3 heteroatoms. The molecule has 1 saturated heterocycles. The quantitative estimate of drug-likeness (QED) is 0.764. The third kappa shape index (κ3) is 2.52. The summed E-state index contributed by atoms with van der Waals surface area (Å²) in [4.78, 5) is 2.27. The number of hydrogen-bond donors (Lipinski definition) is 0. The van der Waals surface area contributed by atoms with Crippen LogP contribution in [0.4, 0.5) is 10.1 Å². The van der Waals surface area contributed by atoms with Crippen LogP contribution in [0.3, 0.4) is 0 Å². The second-order valence-corrected chi connectivity index (χ2v) is 6.32. The van der Waals surface area contributed by atoms with E-state index in [4.69, 9.17) is 5.26 Å². The third-order valence-electron chi connectivity index (χ3n) is 5.18. The Morgan fingerprint density at radius 2 is 1.75 bits per heavy atom. The highest BCUT2D eigenvalue weighted by atomic mass is 19.1. The summed E-state index contributed by atoms with van der Waals surface area (Å²) in [5.41, 5.74) is 1.63. The maximum absolute atomic E-state index is 13.7. The maximum atomic E-state index is 13.7. The van der Waals surface area contributed by atoms with Crippen LogP contribution in [-0.4, -0.2) is 13.1 Å². The summed E-state index contributed by atoms with van der Waals surface area (Å²) >= 11 is 0. The molecule has 1 aliphatic heterocycles. The molecule has 1 saturated carbocycles. The zero-order valence-corrected chi connectivity index (χ0v) is 11.9. The minimum Gasteiger partial charge on any atom is -0.371 e. The summed E-state index contributed by atoms with van der Waals surface area (Å²) in [7, 11) is 0. The number of halogens is 1. The van der Waals surface area contributed by atoms with Gasteiger partial charge < -0.3 is 4.90 Å². The maximum Gasteiger partial charge on any atom is 0.143 e. The molecular formula is C17H21FN2. The van der Waals surface area contributed by atoms with E-state index in [2.05, 4.69) is 4.90 Å². The van der Waals surface area contributed by atoms with E-state index in [1.807, 2.05) is 12.1 Å². The highest BCUT2D eigenvalue weighted by Gasteiger charge is 2.35. The normalized spacial score (nSPS) is 21.7. The van der Waals surface area contributed by atoms with Gasteiger partial charge in [0.1, 0.15) is 11.9 Å². The van der Waals surface area contributed by atoms with Crippen LogP contribution >= 0.6 is 0 Å². The number of anilines is 1. The molecule has 0 bridgehead atoms. The Bertz CT molecular complexity index is 516. The molecule has 20 heavy (non-hydrogen) atoms. The number of piperidine rings is 1. The van der Waals surface area contributed by atoms with Gasteiger partial charge in [-0.15, -0.1) is 0 Å². The number of rotatable bonds is 1. The lowest BCUT2D eigenvalue weighted by molar-refractivity contribution is 0.144. The highest BCUT2D eigenvalue weighted by molar-refractivity contribution is 5.50. The second kappa shape index (κ2) is 5.44. The summed E-state index contributed by atoms with van der Waals surface area (Å²) in [6, 6.07) is 6.86. The van der Waals surface area contributed by atoms with Gasteiger partial charge in [0.25, 0.3) is 0 Å². The van der Waals surface area contributed by atoms with E-state index in [9.17, 15) is 4.39 Å². The molecule has 2 fully saturated rings. The summed E-state index contributed by atoms with van der Waals surface area (Å²) in [5, 5.41) is 8.78. The van der Waals surface area contributed by atoms with E-state index in [1.165, 1.54) is 51.0 Å². The lowest BCUT2D eigenvalue weighted by atomic mass is 9.68. The minimum absolute atomic E-state index is 0.134. The van der Waals surface area contributed by atoms with Crippen LogP contribution in [-0.2, 0) is 0 Å². The predicted molar refractivity (Wildman–Crippen MR) is 78.1 cm³/mol. The smallest absolute Gasteiger partial charge is 0.143 e. The van der Waals surface area contributed by atoms with Gasteiger partial charge in [-0.2, -0.15) is 5.26 Å². The van der Waals surface area contributed by atoms with Crippen molar-refractivity contribution in [2.45, 2.75) is 44.9 Å². The fourth-order valence-corrected chi connectivity index (χ4v) is 3.83. The Morgan fingerprint density at radius 3 is 2.35 bits per heavy atom. The SMILES string of the molecule is N#Cc1ccc(N2CCC3(CCCCC3)CC2)cc1F. The van der Waals surface area contributed by atoms with Crippen LogP contribution in [0.5, 0.6) is 0 Å². The van der Waals surface area contributed by atoms with Crippen LogP contribution in [0.15, 0.2) is 18.2 Å². The van der Waals surface area contributed by atoms with Crippen LogP contribution in [0, 0.1) is 22.6 Å². The van der Waals surface area contributed by atoms with Crippen molar-refractivity contribution in [3.05, 3.63) is 29.6 Å². The predicted octanol–water partition coefficient (Wildman–Crippen LogP) is 4.25. The van der Waals surface area contributed by atoms with E-state index in [-0.39, 0.29) is 5.56 Å². The molecule has 2 nitrogen and oxygen atoms in total. The Hall–Kier alpha value is -1.56. The molecule has 0 radical (unpaired) electrons. The molecule has 1 aromatic rings. The van der Waals surface area contributed by atoms with Crippen LogP contribution in [0.1, 0.15) is 50.5 Å². The Morgan fingerprint density at radius 1 is 1.05 bits per heavy atom. The van der Waals surface area contributed by atoms with E-state index >= 15 is 0 Å². The molecule has 106 valence electrons. The van der Waals surface area contributed by atoms with Crippen LogP contribution in [0.2, 0.25) is 0 Å². The molecule has 0 unspecified atom stereocenters. The van der Waals surface area contributed by atoms with E-state index in [1.54, 1.807) is 6.07 Å². The molecule has 1 heterocycles. The number of benzene rings is 1. The van der Waals surface area contributed by atoms with Crippen molar-refractivity contribution in [2.75, 3.05) is 18.0 Å². The van der Waals surface area contributed by atoms with Crippen LogP contribution in [0.25, 0.3) is 0 Å². The van der Waals surface area contributed by atoms with Gasteiger partial charge >= 0.3 is 0 Å². The average Bonchev–Trinajstić information content (AvgIpc) is 2.49. The zero-order valence-electron chi connectivity index (χ0n) is 11.9. The first-order valence-electron chi connectivity index (χ1n) is 7.67. The molecule has 0 aromatic heterocycles.